The Kier molecular flexibility index (Phi) is 6.50. The molecule has 16 heavy (non-hydrogen) atoms. The molecule has 0 aliphatic carbocycles. The van der Waals surface area contributed by atoms with Gasteiger partial charge in [-0.1, -0.05) is 38.4 Å². The largest absolute Gasteiger partial charge is 0.350 e. The van der Waals surface area contributed by atoms with E-state index >= 15 is 0 Å². The zero-order chi connectivity index (χ0) is 11.8. The van der Waals surface area contributed by atoms with Crippen LogP contribution in [-0.2, 0) is 0 Å². The summed E-state index contributed by atoms with van der Waals surface area (Å²) in [7, 11) is 0. The zero-order valence-electron chi connectivity index (χ0n) is 9.70. The van der Waals surface area contributed by atoms with Crippen LogP contribution in [0, 0.1) is 0 Å². The lowest BCUT2D eigenvalue weighted by molar-refractivity contribution is 0.684. The third kappa shape index (κ3) is 5.52. The van der Waals surface area contributed by atoms with Crippen molar-refractivity contribution in [1.29, 1.82) is 0 Å². The van der Waals surface area contributed by atoms with Crippen LogP contribution in [-0.4, -0.2) is 4.99 Å². The van der Waals surface area contributed by atoms with Gasteiger partial charge in [0.05, 0.1) is 4.99 Å². The van der Waals surface area contributed by atoms with Gasteiger partial charge in [0, 0.05) is 10.6 Å². The molecule has 1 nitrogen and oxygen atoms in total. The number of thiol groups is 1. The van der Waals surface area contributed by atoms with Crippen molar-refractivity contribution >= 4 is 35.5 Å². The molecule has 1 rings (SSSR count). The van der Waals surface area contributed by atoms with E-state index in [1.165, 1.54) is 25.7 Å². The Bertz CT molecular complexity index is 319. The molecule has 88 valence electrons. The average molecular weight is 253 g/mol. The SMILES string of the molecule is CCCCCCC(=S)Nc1ccc(S)cc1. The maximum atomic E-state index is 5.29. The Hall–Kier alpha value is -0.540. The third-order valence-corrected chi connectivity index (χ3v) is 3.01. The van der Waals surface area contributed by atoms with Gasteiger partial charge in [0.25, 0.3) is 0 Å². The average Bonchev–Trinajstić information content (AvgIpc) is 2.28. The van der Waals surface area contributed by atoms with Gasteiger partial charge >= 0.3 is 0 Å². The molecule has 3 heteroatoms. The van der Waals surface area contributed by atoms with Crippen molar-refractivity contribution in [1.82, 2.24) is 0 Å². The van der Waals surface area contributed by atoms with Crippen molar-refractivity contribution in [3.8, 4) is 0 Å². The van der Waals surface area contributed by atoms with E-state index in [-0.39, 0.29) is 0 Å². The molecule has 0 radical (unpaired) electrons. The molecule has 0 amide bonds. The van der Waals surface area contributed by atoms with Gasteiger partial charge in [-0.2, -0.15) is 0 Å². The molecular formula is C13H19NS2. The number of benzene rings is 1. The lowest BCUT2D eigenvalue weighted by Gasteiger charge is -2.07. The van der Waals surface area contributed by atoms with E-state index in [1.807, 2.05) is 24.3 Å². The van der Waals surface area contributed by atoms with Gasteiger partial charge in [0.2, 0.25) is 0 Å². The Balaban J connectivity index is 2.26. The summed E-state index contributed by atoms with van der Waals surface area (Å²) < 4.78 is 0. The maximum absolute atomic E-state index is 5.29. The molecule has 1 N–H and O–H groups in total. The summed E-state index contributed by atoms with van der Waals surface area (Å²) in [5, 5.41) is 3.24. The molecule has 0 saturated heterocycles. The molecule has 1 aromatic rings. The molecule has 0 aromatic heterocycles. The van der Waals surface area contributed by atoms with Crippen molar-refractivity contribution in [2.75, 3.05) is 5.32 Å². The monoisotopic (exact) mass is 253 g/mol. The van der Waals surface area contributed by atoms with Gasteiger partial charge in [-0.3, -0.25) is 0 Å². The predicted octanol–water partition coefficient (Wildman–Crippen LogP) is 4.69. The van der Waals surface area contributed by atoms with E-state index in [0.717, 1.165) is 22.0 Å². The molecule has 0 spiro atoms. The van der Waals surface area contributed by atoms with Crippen LogP contribution in [0.15, 0.2) is 29.2 Å². The fraction of sp³-hybridized carbons (Fsp3) is 0.462. The van der Waals surface area contributed by atoms with Crippen LogP contribution >= 0.6 is 24.8 Å². The highest BCUT2D eigenvalue weighted by molar-refractivity contribution is 7.80. The summed E-state index contributed by atoms with van der Waals surface area (Å²) in [5.74, 6) is 0. The predicted molar refractivity (Wildman–Crippen MR) is 78.7 cm³/mol. The normalized spacial score (nSPS) is 10.1. The lowest BCUT2D eigenvalue weighted by atomic mass is 10.1. The van der Waals surface area contributed by atoms with Gasteiger partial charge in [-0.15, -0.1) is 12.6 Å². The summed E-state index contributed by atoms with van der Waals surface area (Å²) >= 11 is 9.53. The number of thiocarbonyl (C=S) groups is 1. The molecule has 0 aliphatic rings. The van der Waals surface area contributed by atoms with Gasteiger partial charge in [-0.05, 0) is 37.1 Å². The quantitative estimate of drug-likeness (QED) is 0.433. The van der Waals surface area contributed by atoms with Crippen LogP contribution in [0.25, 0.3) is 0 Å². The molecule has 0 atom stereocenters. The Morgan fingerprint density at radius 3 is 2.50 bits per heavy atom. The Morgan fingerprint density at radius 2 is 1.88 bits per heavy atom. The van der Waals surface area contributed by atoms with E-state index in [1.54, 1.807) is 0 Å². The van der Waals surface area contributed by atoms with E-state index < -0.39 is 0 Å². The molecule has 0 bridgehead atoms. The number of rotatable bonds is 6. The van der Waals surface area contributed by atoms with Gasteiger partial charge < -0.3 is 5.32 Å². The second-order valence-corrected chi connectivity index (χ2v) is 4.91. The Labute approximate surface area is 109 Å². The Morgan fingerprint density at radius 1 is 1.19 bits per heavy atom. The molecule has 0 unspecified atom stereocenters. The van der Waals surface area contributed by atoms with Gasteiger partial charge in [0.15, 0.2) is 0 Å². The zero-order valence-corrected chi connectivity index (χ0v) is 11.4. The smallest absolute Gasteiger partial charge is 0.0797 e. The van der Waals surface area contributed by atoms with Crippen LogP contribution in [0.1, 0.15) is 39.0 Å². The summed E-state index contributed by atoms with van der Waals surface area (Å²) in [6, 6.07) is 7.93. The van der Waals surface area contributed by atoms with E-state index in [2.05, 4.69) is 24.9 Å². The lowest BCUT2D eigenvalue weighted by Crippen LogP contribution is -2.08. The fourth-order valence-corrected chi connectivity index (χ4v) is 1.89. The molecule has 0 saturated carbocycles. The molecular weight excluding hydrogens is 234 g/mol. The number of nitrogens with one attached hydrogen (secondary N) is 1. The van der Waals surface area contributed by atoms with Crippen molar-refractivity contribution in [3.63, 3.8) is 0 Å². The summed E-state index contributed by atoms with van der Waals surface area (Å²) in [6.07, 6.45) is 6.01. The van der Waals surface area contributed by atoms with Gasteiger partial charge in [0.1, 0.15) is 0 Å². The number of hydrogen-bond donors (Lipinski definition) is 2. The van der Waals surface area contributed by atoms with Crippen LogP contribution in [0.4, 0.5) is 5.69 Å². The molecule has 0 heterocycles. The van der Waals surface area contributed by atoms with Crippen LogP contribution in [0.2, 0.25) is 0 Å². The molecule has 1 aromatic carbocycles. The van der Waals surface area contributed by atoms with Crippen LogP contribution in [0.3, 0.4) is 0 Å². The standard InChI is InChI=1S/C13H19NS2/c1-2-3-4-5-6-13(16)14-11-7-9-12(15)10-8-11/h7-10,15H,2-6H2,1H3,(H,14,16). The van der Waals surface area contributed by atoms with Crippen LogP contribution < -0.4 is 5.32 Å². The first-order valence-electron chi connectivity index (χ1n) is 5.81. The highest BCUT2D eigenvalue weighted by atomic mass is 32.1. The second-order valence-electron chi connectivity index (χ2n) is 3.91. The number of hydrogen-bond acceptors (Lipinski definition) is 2. The minimum atomic E-state index is 0.933. The minimum Gasteiger partial charge on any atom is -0.350 e. The van der Waals surface area contributed by atoms with Crippen molar-refractivity contribution < 1.29 is 0 Å². The van der Waals surface area contributed by atoms with Gasteiger partial charge in [-0.25, -0.2) is 0 Å². The third-order valence-electron chi connectivity index (χ3n) is 2.41. The van der Waals surface area contributed by atoms with E-state index in [0.29, 0.717) is 0 Å². The minimum absolute atomic E-state index is 0.933. The summed E-state index contributed by atoms with van der Waals surface area (Å²) in [4.78, 5) is 1.91. The first-order chi connectivity index (χ1) is 7.72. The number of anilines is 1. The van der Waals surface area contributed by atoms with Crippen LogP contribution in [0.5, 0.6) is 0 Å². The number of unbranched alkanes of at least 4 members (excludes halogenated alkanes) is 3. The first-order valence-corrected chi connectivity index (χ1v) is 6.67. The van der Waals surface area contributed by atoms with E-state index in [4.69, 9.17) is 12.2 Å². The maximum Gasteiger partial charge on any atom is 0.0797 e. The summed E-state index contributed by atoms with van der Waals surface area (Å²) in [6.45, 7) is 2.22. The highest BCUT2D eigenvalue weighted by Crippen LogP contribution is 2.13. The molecule has 0 aliphatic heterocycles. The first kappa shape index (κ1) is 13.5. The highest BCUT2D eigenvalue weighted by Gasteiger charge is 1.97. The van der Waals surface area contributed by atoms with Crippen molar-refractivity contribution in [2.24, 2.45) is 0 Å². The van der Waals surface area contributed by atoms with Crippen molar-refractivity contribution in [3.05, 3.63) is 24.3 Å². The van der Waals surface area contributed by atoms with Crippen molar-refractivity contribution in [2.45, 2.75) is 43.9 Å². The molecule has 0 fully saturated rings. The summed E-state index contributed by atoms with van der Waals surface area (Å²) in [5.41, 5.74) is 1.05. The van der Waals surface area contributed by atoms with E-state index in [9.17, 15) is 0 Å². The topological polar surface area (TPSA) is 12.0 Å². The fourth-order valence-electron chi connectivity index (χ4n) is 1.48. The second kappa shape index (κ2) is 7.69.